The van der Waals surface area contributed by atoms with Crippen LogP contribution in [-0.2, 0) is 0 Å². The van der Waals surface area contributed by atoms with E-state index in [2.05, 4.69) is 211 Å². The minimum absolute atomic E-state index is 0.102. The van der Waals surface area contributed by atoms with Crippen LogP contribution in [0.4, 0.5) is 5.69 Å². The van der Waals surface area contributed by atoms with Crippen LogP contribution in [0.25, 0.3) is 66.1 Å². The molecular weight excluding hydrogens is 641 g/mol. The van der Waals surface area contributed by atoms with Crippen molar-refractivity contribution < 1.29 is 0 Å². The Labute approximate surface area is 310 Å². The number of amidine groups is 1. The van der Waals surface area contributed by atoms with Crippen LogP contribution in [0.5, 0.6) is 0 Å². The molecule has 2 unspecified atom stereocenters. The molecule has 0 saturated carbocycles. The van der Waals surface area contributed by atoms with Crippen LogP contribution in [0.3, 0.4) is 0 Å². The third-order valence-corrected chi connectivity index (χ3v) is 10.8. The zero-order valence-corrected chi connectivity index (χ0v) is 29.2. The topological polar surface area (TPSA) is 15.6 Å². The summed E-state index contributed by atoms with van der Waals surface area (Å²) in [6, 6.07) is 66.3. The average molecular weight is 677 g/mol. The molecule has 2 atom stereocenters. The number of aliphatic imine (C=N–C) groups is 1. The normalized spacial score (nSPS) is 16.2. The Morgan fingerprint density at radius 1 is 0.358 bits per heavy atom. The number of anilines is 1. The highest BCUT2D eigenvalue weighted by Crippen LogP contribution is 2.45. The van der Waals surface area contributed by atoms with Gasteiger partial charge in [-0.15, -0.1) is 0 Å². The van der Waals surface area contributed by atoms with E-state index in [1.54, 1.807) is 0 Å². The van der Waals surface area contributed by atoms with E-state index in [1.165, 1.54) is 66.1 Å². The molecule has 8 aromatic carbocycles. The predicted molar refractivity (Wildman–Crippen MR) is 225 cm³/mol. The van der Waals surface area contributed by atoms with Gasteiger partial charge in [-0.3, -0.25) is 4.99 Å². The quantitative estimate of drug-likeness (QED) is 0.160. The summed E-state index contributed by atoms with van der Waals surface area (Å²) in [5.74, 6) is 1.01. The van der Waals surface area contributed by atoms with Gasteiger partial charge in [0.25, 0.3) is 0 Å². The maximum atomic E-state index is 5.22. The van der Waals surface area contributed by atoms with E-state index in [-0.39, 0.29) is 12.1 Å². The number of para-hydroxylation sites is 1. The van der Waals surface area contributed by atoms with Crippen LogP contribution in [-0.4, -0.2) is 17.9 Å². The van der Waals surface area contributed by atoms with Crippen LogP contribution in [0.15, 0.2) is 211 Å². The summed E-state index contributed by atoms with van der Waals surface area (Å²) in [5.41, 5.74) is 12.1. The molecule has 8 aromatic rings. The fraction of sp³-hybridized carbons (Fsp3) is 0.0392. The van der Waals surface area contributed by atoms with E-state index >= 15 is 0 Å². The van der Waals surface area contributed by atoms with E-state index in [4.69, 9.17) is 4.99 Å². The van der Waals surface area contributed by atoms with Crippen molar-refractivity contribution in [2.45, 2.75) is 12.1 Å². The Kier molecular flexibility index (Phi) is 7.66. The highest BCUT2D eigenvalue weighted by Gasteiger charge is 2.35. The second kappa shape index (κ2) is 13.1. The summed E-state index contributed by atoms with van der Waals surface area (Å²) >= 11 is 0. The molecule has 2 aliphatic rings. The lowest BCUT2D eigenvalue weighted by molar-refractivity contribution is 0.739. The first-order chi connectivity index (χ1) is 26.3. The molecule has 10 rings (SSSR count). The van der Waals surface area contributed by atoms with Crippen LogP contribution in [0.2, 0.25) is 0 Å². The predicted octanol–water partition coefficient (Wildman–Crippen LogP) is 12.8. The summed E-state index contributed by atoms with van der Waals surface area (Å²) in [7, 11) is 0. The van der Waals surface area contributed by atoms with Crippen molar-refractivity contribution in [3.63, 3.8) is 0 Å². The molecule has 0 spiro atoms. The molecule has 1 heterocycles. The molecule has 0 saturated heterocycles. The number of allylic oxidation sites excluding steroid dienone is 2. The summed E-state index contributed by atoms with van der Waals surface area (Å²) in [6.45, 7) is 0. The minimum Gasteiger partial charge on any atom is -0.317 e. The molecule has 53 heavy (non-hydrogen) atoms. The van der Waals surface area contributed by atoms with Gasteiger partial charge in [-0.2, -0.15) is 0 Å². The average Bonchev–Trinajstić information content (AvgIpc) is 3.63. The minimum atomic E-state index is 0.102. The van der Waals surface area contributed by atoms with Crippen LogP contribution in [0, 0.1) is 0 Å². The lowest BCUT2D eigenvalue weighted by Gasteiger charge is -2.29. The Morgan fingerprint density at radius 3 is 1.49 bits per heavy atom. The van der Waals surface area contributed by atoms with E-state index in [1.807, 2.05) is 0 Å². The third kappa shape index (κ3) is 5.48. The second-order valence-corrected chi connectivity index (χ2v) is 13.9. The summed E-state index contributed by atoms with van der Waals surface area (Å²) in [6.07, 6.45) is 8.71. The van der Waals surface area contributed by atoms with Gasteiger partial charge in [0.2, 0.25) is 0 Å². The van der Waals surface area contributed by atoms with Gasteiger partial charge in [0.15, 0.2) is 0 Å². The Bertz CT molecular complexity index is 2690. The summed E-state index contributed by atoms with van der Waals surface area (Å²) in [5, 5.41) is 5.01. The van der Waals surface area contributed by atoms with Crippen LogP contribution < -0.4 is 4.90 Å². The maximum Gasteiger partial charge on any atom is 0.136 e. The molecule has 1 aliphatic carbocycles. The number of fused-ring (bicyclic) bond motifs is 3. The van der Waals surface area contributed by atoms with Crippen LogP contribution >= 0.6 is 0 Å². The fourth-order valence-electron chi connectivity index (χ4n) is 8.24. The van der Waals surface area contributed by atoms with Gasteiger partial charge in [0, 0.05) is 11.3 Å². The molecule has 0 fully saturated rings. The first-order valence-electron chi connectivity index (χ1n) is 18.4. The molecule has 0 bridgehead atoms. The maximum absolute atomic E-state index is 5.22. The Morgan fingerprint density at radius 2 is 0.811 bits per heavy atom. The van der Waals surface area contributed by atoms with Crippen molar-refractivity contribution in [1.82, 2.24) is 0 Å². The van der Waals surface area contributed by atoms with E-state index in [0.29, 0.717) is 0 Å². The molecule has 2 nitrogen and oxygen atoms in total. The van der Waals surface area contributed by atoms with Crippen molar-refractivity contribution >= 4 is 33.1 Å². The Balaban J connectivity index is 1.11. The number of hydrogen-bond donors (Lipinski definition) is 0. The summed E-state index contributed by atoms with van der Waals surface area (Å²) < 4.78 is 0. The lowest BCUT2D eigenvalue weighted by Crippen LogP contribution is -2.39. The molecule has 0 N–H and O–H groups in total. The van der Waals surface area contributed by atoms with Crippen molar-refractivity contribution in [2.24, 2.45) is 4.99 Å². The van der Waals surface area contributed by atoms with Crippen molar-refractivity contribution in [3.05, 3.63) is 212 Å². The highest BCUT2D eigenvalue weighted by atomic mass is 15.3. The van der Waals surface area contributed by atoms with Gasteiger partial charge in [0.05, 0.1) is 12.1 Å². The summed E-state index contributed by atoms with van der Waals surface area (Å²) in [4.78, 5) is 7.60. The van der Waals surface area contributed by atoms with Crippen LogP contribution in [0.1, 0.15) is 5.56 Å². The number of benzene rings is 8. The first kappa shape index (κ1) is 31.0. The molecule has 250 valence electrons. The van der Waals surface area contributed by atoms with Crippen molar-refractivity contribution in [3.8, 4) is 44.5 Å². The molecule has 0 radical (unpaired) electrons. The highest BCUT2D eigenvalue weighted by molar-refractivity contribution is 6.22. The zero-order valence-electron chi connectivity index (χ0n) is 29.2. The second-order valence-electron chi connectivity index (χ2n) is 13.9. The largest absolute Gasteiger partial charge is 0.317 e. The van der Waals surface area contributed by atoms with E-state index in [9.17, 15) is 0 Å². The number of rotatable bonds is 6. The number of nitrogens with zero attached hydrogens (tertiary/aromatic N) is 2. The fourth-order valence-corrected chi connectivity index (χ4v) is 8.24. The monoisotopic (exact) mass is 676 g/mol. The zero-order chi connectivity index (χ0) is 35.1. The Hall–Kier alpha value is -6.77. The van der Waals surface area contributed by atoms with E-state index in [0.717, 1.165) is 17.1 Å². The third-order valence-electron chi connectivity index (χ3n) is 10.8. The van der Waals surface area contributed by atoms with Gasteiger partial charge >= 0.3 is 0 Å². The molecule has 2 heteroatoms. The standard InChI is InChI=1S/C51H36N2/c1-4-14-35(15-5-1)36-24-28-39(29-25-36)49-43-20-10-11-21-44(43)50(38-16-6-2-7-17-38)46-34-41(32-33-45(46)49)37-26-30-40(31-27-37)51-52-47-22-12-13-23-48(47)53(51)42-18-8-3-9-19-42/h1-34,47-48H. The van der Waals surface area contributed by atoms with E-state index < -0.39 is 0 Å². The molecule has 1 aliphatic heterocycles. The first-order valence-corrected chi connectivity index (χ1v) is 18.4. The van der Waals surface area contributed by atoms with Gasteiger partial charge in [-0.05, 0) is 84.3 Å². The molecule has 0 amide bonds. The lowest BCUT2D eigenvalue weighted by atomic mass is 9.84. The van der Waals surface area contributed by atoms with Gasteiger partial charge < -0.3 is 4.90 Å². The van der Waals surface area contributed by atoms with Crippen molar-refractivity contribution in [2.75, 3.05) is 4.90 Å². The molecular formula is C51H36N2. The van der Waals surface area contributed by atoms with Crippen molar-refractivity contribution in [1.29, 1.82) is 0 Å². The smallest absolute Gasteiger partial charge is 0.136 e. The van der Waals surface area contributed by atoms with Gasteiger partial charge in [-0.25, -0.2) is 0 Å². The van der Waals surface area contributed by atoms with Gasteiger partial charge in [-0.1, -0.05) is 188 Å². The molecule has 0 aromatic heterocycles. The number of hydrogen-bond acceptors (Lipinski definition) is 2. The SMILES string of the molecule is C1=CC2N=C(c3ccc(-c4ccc5c(-c6ccc(-c7ccccc7)cc6)c6ccccc6c(-c6ccccc6)c5c4)cc3)N(c3ccccc3)C2C=C1. The van der Waals surface area contributed by atoms with Gasteiger partial charge in [0.1, 0.15) is 5.84 Å².